The third-order valence-corrected chi connectivity index (χ3v) is 7.23. The molecule has 2 aromatic rings. The monoisotopic (exact) mass is 376 g/mol. The first-order valence-electron chi connectivity index (χ1n) is 11.3. The lowest BCUT2D eigenvalue weighted by atomic mass is 9.61. The van der Waals surface area contributed by atoms with Gasteiger partial charge in [-0.15, -0.1) is 0 Å². The SMILES string of the molecule is CC[NH+](CC)CC1=C(C[NH+](CC)CC)C2c3ccccc3C1c1ccccc12. The van der Waals surface area contributed by atoms with Crippen LogP contribution in [0.1, 0.15) is 61.8 Å². The highest BCUT2D eigenvalue weighted by Crippen LogP contribution is 2.54. The lowest BCUT2D eigenvalue weighted by molar-refractivity contribution is -0.894. The summed E-state index contributed by atoms with van der Waals surface area (Å²) in [5, 5.41) is 0. The molecule has 0 heterocycles. The van der Waals surface area contributed by atoms with Crippen molar-refractivity contribution in [2.75, 3.05) is 39.3 Å². The van der Waals surface area contributed by atoms with Crippen LogP contribution in [0.4, 0.5) is 0 Å². The van der Waals surface area contributed by atoms with Gasteiger partial charge in [-0.25, -0.2) is 0 Å². The van der Waals surface area contributed by atoms with Crippen molar-refractivity contribution in [2.24, 2.45) is 0 Å². The summed E-state index contributed by atoms with van der Waals surface area (Å²) < 4.78 is 0. The van der Waals surface area contributed by atoms with Crippen LogP contribution in [0.25, 0.3) is 0 Å². The van der Waals surface area contributed by atoms with Crippen molar-refractivity contribution in [1.29, 1.82) is 0 Å². The van der Waals surface area contributed by atoms with Crippen LogP contribution in [-0.2, 0) is 0 Å². The molecule has 3 aliphatic rings. The summed E-state index contributed by atoms with van der Waals surface area (Å²) in [6, 6.07) is 18.5. The van der Waals surface area contributed by atoms with E-state index in [2.05, 4.69) is 76.2 Å². The summed E-state index contributed by atoms with van der Waals surface area (Å²) in [6.07, 6.45) is 0. The lowest BCUT2D eigenvalue weighted by Crippen LogP contribution is -3.12. The molecule has 3 aliphatic carbocycles. The molecule has 148 valence electrons. The molecule has 28 heavy (non-hydrogen) atoms. The van der Waals surface area contributed by atoms with Gasteiger partial charge in [0.1, 0.15) is 13.1 Å². The van der Waals surface area contributed by atoms with Gasteiger partial charge in [-0.3, -0.25) is 0 Å². The first-order chi connectivity index (χ1) is 13.7. The zero-order valence-electron chi connectivity index (χ0n) is 18.0. The minimum absolute atomic E-state index is 0.454. The highest BCUT2D eigenvalue weighted by molar-refractivity contribution is 5.65. The summed E-state index contributed by atoms with van der Waals surface area (Å²) >= 11 is 0. The van der Waals surface area contributed by atoms with Crippen LogP contribution in [0, 0.1) is 0 Å². The highest BCUT2D eigenvalue weighted by Gasteiger charge is 2.44. The van der Waals surface area contributed by atoms with Crippen LogP contribution in [-0.4, -0.2) is 39.3 Å². The van der Waals surface area contributed by atoms with Gasteiger partial charge in [0.15, 0.2) is 0 Å². The van der Waals surface area contributed by atoms with Crippen LogP contribution in [0.2, 0.25) is 0 Å². The van der Waals surface area contributed by atoms with Crippen LogP contribution in [0.15, 0.2) is 59.7 Å². The van der Waals surface area contributed by atoms with Crippen LogP contribution >= 0.6 is 0 Å². The number of hydrogen-bond donors (Lipinski definition) is 2. The van der Waals surface area contributed by atoms with Crippen LogP contribution in [0.5, 0.6) is 0 Å². The second-order valence-corrected chi connectivity index (χ2v) is 8.44. The zero-order chi connectivity index (χ0) is 19.7. The first-order valence-corrected chi connectivity index (χ1v) is 11.3. The van der Waals surface area contributed by atoms with E-state index in [1.165, 1.54) is 39.3 Å². The molecule has 0 aromatic heterocycles. The Hall–Kier alpha value is -1.90. The van der Waals surface area contributed by atoms with Gasteiger partial charge in [0, 0.05) is 23.0 Å². The normalized spacial score (nSPS) is 20.1. The Balaban J connectivity index is 1.89. The molecule has 0 amide bonds. The van der Waals surface area contributed by atoms with E-state index < -0.39 is 0 Å². The predicted octanol–water partition coefficient (Wildman–Crippen LogP) is 2.42. The van der Waals surface area contributed by atoms with E-state index in [9.17, 15) is 0 Å². The topological polar surface area (TPSA) is 8.88 Å². The Morgan fingerprint density at radius 1 is 0.536 bits per heavy atom. The molecule has 2 bridgehead atoms. The molecule has 0 atom stereocenters. The first kappa shape index (κ1) is 19.4. The van der Waals surface area contributed by atoms with Gasteiger partial charge in [-0.2, -0.15) is 0 Å². The summed E-state index contributed by atoms with van der Waals surface area (Å²) in [7, 11) is 0. The van der Waals surface area contributed by atoms with Gasteiger partial charge in [0.05, 0.1) is 26.2 Å². The van der Waals surface area contributed by atoms with Crippen molar-refractivity contribution in [3.63, 3.8) is 0 Å². The van der Waals surface area contributed by atoms with Gasteiger partial charge in [0.25, 0.3) is 0 Å². The molecule has 0 unspecified atom stereocenters. The van der Waals surface area contributed by atoms with E-state index in [4.69, 9.17) is 0 Å². The minimum atomic E-state index is 0.454. The average Bonchev–Trinajstić information content (AvgIpc) is 2.76. The van der Waals surface area contributed by atoms with E-state index in [0.29, 0.717) is 11.8 Å². The molecule has 0 saturated carbocycles. The van der Waals surface area contributed by atoms with Crippen molar-refractivity contribution in [2.45, 2.75) is 39.5 Å². The van der Waals surface area contributed by atoms with Crippen molar-refractivity contribution in [3.8, 4) is 0 Å². The van der Waals surface area contributed by atoms with Crippen molar-refractivity contribution >= 4 is 0 Å². The second-order valence-electron chi connectivity index (χ2n) is 8.44. The van der Waals surface area contributed by atoms with Crippen molar-refractivity contribution < 1.29 is 9.80 Å². The molecule has 2 heteroatoms. The number of nitrogens with one attached hydrogen (secondary N) is 2. The lowest BCUT2D eigenvalue weighted by Gasteiger charge is -2.44. The average molecular weight is 377 g/mol. The Labute approximate surface area is 170 Å². The van der Waals surface area contributed by atoms with Gasteiger partial charge in [-0.05, 0) is 49.9 Å². The molecule has 0 aliphatic heterocycles. The molecule has 2 N–H and O–H groups in total. The van der Waals surface area contributed by atoms with Gasteiger partial charge in [0.2, 0.25) is 0 Å². The maximum Gasteiger partial charge on any atom is 0.100 e. The van der Waals surface area contributed by atoms with Crippen molar-refractivity contribution in [1.82, 2.24) is 0 Å². The maximum absolute atomic E-state index is 2.39. The summed E-state index contributed by atoms with van der Waals surface area (Å²) in [5.41, 5.74) is 9.69. The molecular weight excluding hydrogens is 340 g/mol. The van der Waals surface area contributed by atoms with E-state index >= 15 is 0 Å². The Bertz CT molecular complexity index is 741. The summed E-state index contributed by atoms with van der Waals surface area (Å²) in [4.78, 5) is 3.40. The molecule has 2 nitrogen and oxygen atoms in total. The fourth-order valence-corrected chi connectivity index (χ4v) is 5.50. The van der Waals surface area contributed by atoms with Gasteiger partial charge in [-0.1, -0.05) is 48.5 Å². The third-order valence-electron chi connectivity index (χ3n) is 7.23. The Morgan fingerprint density at radius 2 is 0.821 bits per heavy atom. The molecule has 5 rings (SSSR count). The number of quaternary nitrogens is 2. The fraction of sp³-hybridized carbons (Fsp3) is 0.462. The van der Waals surface area contributed by atoms with Gasteiger partial charge >= 0.3 is 0 Å². The number of likely N-dealkylation sites (N-methyl/N-ethyl adjacent to an activating group) is 2. The summed E-state index contributed by atoms with van der Waals surface area (Å²) in [6.45, 7) is 16.5. The minimum Gasteiger partial charge on any atom is -0.332 e. The molecule has 0 spiro atoms. The van der Waals surface area contributed by atoms with Crippen molar-refractivity contribution in [3.05, 3.63) is 81.9 Å². The second kappa shape index (κ2) is 8.23. The molecule has 0 saturated heterocycles. The van der Waals surface area contributed by atoms with Crippen LogP contribution in [0.3, 0.4) is 0 Å². The van der Waals surface area contributed by atoms with E-state index in [-0.39, 0.29) is 0 Å². The highest BCUT2D eigenvalue weighted by atomic mass is 15.1. The predicted molar refractivity (Wildman–Crippen MR) is 117 cm³/mol. The molecule has 0 radical (unpaired) electrons. The number of benzene rings is 2. The van der Waals surface area contributed by atoms with E-state index in [1.807, 2.05) is 0 Å². The smallest absolute Gasteiger partial charge is 0.100 e. The molecule has 2 aromatic carbocycles. The Morgan fingerprint density at radius 3 is 1.07 bits per heavy atom. The fourth-order valence-electron chi connectivity index (χ4n) is 5.50. The third kappa shape index (κ3) is 3.13. The molecule has 0 fully saturated rings. The maximum atomic E-state index is 2.39. The number of rotatable bonds is 8. The summed E-state index contributed by atoms with van der Waals surface area (Å²) in [5.74, 6) is 0.908. The van der Waals surface area contributed by atoms with E-state index in [0.717, 1.165) is 0 Å². The van der Waals surface area contributed by atoms with E-state index in [1.54, 1.807) is 43.2 Å². The van der Waals surface area contributed by atoms with Gasteiger partial charge < -0.3 is 9.80 Å². The zero-order valence-corrected chi connectivity index (χ0v) is 18.0. The molecular formula is C26H36N2+2. The standard InChI is InChI=1S/C26H34N2/c1-5-27(6-2)17-23-24(18-28(7-3)8-4)26-21-15-11-9-13-19(21)25(23)20-14-10-12-16-22(20)26/h9-16,25-26H,5-8,17-18H2,1-4H3/p+2. The Kier molecular flexibility index (Phi) is 5.70. The quantitative estimate of drug-likeness (QED) is 0.655. The van der Waals surface area contributed by atoms with Crippen LogP contribution < -0.4 is 9.80 Å². The largest absolute Gasteiger partial charge is 0.332 e. The number of hydrogen-bond acceptors (Lipinski definition) is 0.